The van der Waals surface area contributed by atoms with Crippen molar-refractivity contribution in [3.63, 3.8) is 0 Å². The third kappa shape index (κ3) is 3.49. The third-order valence-electron chi connectivity index (χ3n) is 5.98. The maximum Gasteiger partial charge on any atom is 0.263 e. The summed E-state index contributed by atoms with van der Waals surface area (Å²) in [4.78, 5) is 34.9. The van der Waals surface area contributed by atoms with Crippen LogP contribution in [0.15, 0.2) is 53.2 Å². The van der Waals surface area contributed by atoms with Crippen LogP contribution in [-0.2, 0) is 11.3 Å². The molecule has 1 saturated carbocycles. The highest BCUT2D eigenvalue weighted by Gasteiger charge is 2.35. The Bertz CT molecular complexity index is 1190. The second kappa shape index (κ2) is 7.84. The van der Waals surface area contributed by atoms with E-state index in [0.717, 1.165) is 58.6 Å². The molecule has 1 fully saturated rings. The third-order valence-corrected chi connectivity index (χ3v) is 6.99. The number of allylic oxidation sites excluding steroid dienone is 2. The molecule has 0 unspecified atom stereocenters. The Morgan fingerprint density at radius 2 is 2.03 bits per heavy atom. The molecule has 0 saturated heterocycles. The van der Waals surface area contributed by atoms with Crippen molar-refractivity contribution in [2.75, 3.05) is 0 Å². The molecule has 0 bridgehead atoms. The van der Waals surface area contributed by atoms with Crippen molar-refractivity contribution in [1.29, 1.82) is 0 Å². The zero-order valence-corrected chi connectivity index (χ0v) is 18.0. The summed E-state index contributed by atoms with van der Waals surface area (Å²) >= 11 is 1.53. The van der Waals surface area contributed by atoms with Crippen molar-refractivity contribution in [2.45, 2.75) is 58.0 Å². The van der Waals surface area contributed by atoms with E-state index in [2.05, 4.69) is 11.1 Å². The van der Waals surface area contributed by atoms with Gasteiger partial charge >= 0.3 is 0 Å². The molecule has 0 aliphatic heterocycles. The molecule has 5 nitrogen and oxygen atoms in total. The average Bonchev–Trinajstić information content (AvgIpc) is 3.53. The van der Waals surface area contributed by atoms with Gasteiger partial charge in [-0.1, -0.05) is 36.4 Å². The minimum Gasteiger partial charge on any atom is -0.312 e. The van der Waals surface area contributed by atoms with E-state index in [1.54, 1.807) is 0 Å². The first kappa shape index (κ1) is 19.2. The molecular formula is C24H25N3O2S. The molecule has 2 heterocycles. The molecule has 2 aliphatic carbocycles. The van der Waals surface area contributed by atoms with E-state index in [1.807, 2.05) is 42.2 Å². The fourth-order valence-corrected chi connectivity index (χ4v) is 5.40. The Labute approximate surface area is 179 Å². The van der Waals surface area contributed by atoms with Gasteiger partial charge in [0.2, 0.25) is 5.91 Å². The first-order chi connectivity index (χ1) is 14.6. The molecule has 3 aromatic rings. The fourth-order valence-electron chi connectivity index (χ4n) is 4.40. The summed E-state index contributed by atoms with van der Waals surface area (Å²) in [6, 6.07) is 10.2. The van der Waals surface area contributed by atoms with Crippen LogP contribution in [0.4, 0.5) is 0 Å². The van der Waals surface area contributed by atoms with E-state index in [-0.39, 0.29) is 18.0 Å². The Morgan fingerprint density at radius 3 is 2.73 bits per heavy atom. The van der Waals surface area contributed by atoms with Crippen LogP contribution in [0, 0.1) is 6.92 Å². The van der Waals surface area contributed by atoms with Crippen LogP contribution in [0.5, 0.6) is 0 Å². The molecule has 30 heavy (non-hydrogen) atoms. The van der Waals surface area contributed by atoms with Gasteiger partial charge in [-0.15, -0.1) is 11.3 Å². The number of thiophene rings is 1. The van der Waals surface area contributed by atoms with Crippen LogP contribution in [-0.4, -0.2) is 26.4 Å². The highest BCUT2D eigenvalue weighted by atomic mass is 32.1. The van der Waals surface area contributed by atoms with Crippen LogP contribution in [0.1, 0.15) is 43.4 Å². The van der Waals surface area contributed by atoms with Crippen molar-refractivity contribution in [2.24, 2.45) is 0 Å². The highest BCUT2D eigenvalue weighted by molar-refractivity contribution is 7.19. The van der Waals surface area contributed by atoms with Gasteiger partial charge in [0.25, 0.3) is 5.56 Å². The van der Waals surface area contributed by atoms with Gasteiger partial charge in [-0.3, -0.25) is 14.2 Å². The maximum absolute atomic E-state index is 13.4. The minimum atomic E-state index is -0.134. The van der Waals surface area contributed by atoms with Crippen LogP contribution in [0.25, 0.3) is 21.3 Å². The summed E-state index contributed by atoms with van der Waals surface area (Å²) in [5.74, 6) is 0.00196. The average molecular weight is 420 g/mol. The van der Waals surface area contributed by atoms with Crippen LogP contribution in [0.2, 0.25) is 0 Å². The van der Waals surface area contributed by atoms with Gasteiger partial charge in [-0.2, -0.15) is 0 Å². The van der Waals surface area contributed by atoms with E-state index in [9.17, 15) is 9.59 Å². The first-order valence-corrected chi connectivity index (χ1v) is 11.5. The predicted molar refractivity (Wildman–Crippen MR) is 120 cm³/mol. The smallest absolute Gasteiger partial charge is 0.263 e. The number of fused-ring (bicyclic) bond motifs is 1. The zero-order chi connectivity index (χ0) is 20.7. The molecular weight excluding hydrogens is 394 g/mol. The number of hydrogen-bond donors (Lipinski definition) is 0. The number of amides is 1. The van der Waals surface area contributed by atoms with Gasteiger partial charge in [0.1, 0.15) is 11.4 Å². The van der Waals surface area contributed by atoms with E-state index >= 15 is 0 Å². The van der Waals surface area contributed by atoms with Gasteiger partial charge in [0.05, 0.1) is 11.7 Å². The Morgan fingerprint density at radius 1 is 1.23 bits per heavy atom. The lowest BCUT2D eigenvalue weighted by Crippen LogP contribution is -2.38. The second-order valence-electron chi connectivity index (χ2n) is 8.19. The highest BCUT2D eigenvalue weighted by Crippen LogP contribution is 2.36. The lowest BCUT2D eigenvalue weighted by molar-refractivity contribution is -0.130. The molecule has 2 aliphatic rings. The number of benzene rings is 1. The van der Waals surface area contributed by atoms with E-state index in [0.29, 0.717) is 11.4 Å². The maximum atomic E-state index is 13.4. The number of hydrogen-bond acceptors (Lipinski definition) is 4. The normalized spacial score (nSPS) is 16.5. The summed E-state index contributed by atoms with van der Waals surface area (Å²) in [5.41, 5.74) is 2.96. The zero-order valence-electron chi connectivity index (χ0n) is 17.1. The lowest BCUT2D eigenvalue weighted by atomic mass is 10.0. The number of carbonyl (C=O) groups is 1. The van der Waals surface area contributed by atoms with Gasteiger partial charge in [0, 0.05) is 22.2 Å². The number of aryl methyl sites for hydroxylation is 1. The number of rotatable bonds is 5. The first-order valence-electron chi connectivity index (χ1n) is 10.7. The second-order valence-corrected chi connectivity index (χ2v) is 9.40. The molecule has 0 atom stereocenters. The molecule has 6 heteroatoms. The molecule has 154 valence electrons. The van der Waals surface area contributed by atoms with Crippen molar-refractivity contribution in [3.05, 3.63) is 63.7 Å². The summed E-state index contributed by atoms with van der Waals surface area (Å²) in [6.07, 6.45) is 10.2. The van der Waals surface area contributed by atoms with Gasteiger partial charge in [-0.25, -0.2) is 4.98 Å². The SMILES string of the molecule is Cc1sc2ncn(CC(=O)N(C3=CCCCC3)C3CC3)c(=O)c2c1-c1ccccc1. The lowest BCUT2D eigenvalue weighted by Gasteiger charge is -2.28. The Hall–Kier alpha value is -2.73. The Balaban J connectivity index is 1.52. The van der Waals surface area contributed by atoms with Crippen molar-refractivity contribution < 1.29 is 4.79 Å². The standard InChI is InChI=1S/C24H25N3O2S/c1-16-21(17-8-4-2-5-9-17)22-23(30-16)25-15-26(24(22)29)14-20(28)27(19-12-13-19)18-10-6-3-7-11-18/h2,4-5,8-10,15,19H,3,6-7,11-14H2,1H3. The fraction of sp³-hybridized carbons (Fsp3) is 0.375. The summed E-state index contributed by atoms with van der Waals surface area (Å²) in [5, 5.41) is 0.619. The predicted octanol–water partition coefficient (Wildman–Crippen LogP) is 4.88. The minimum absolute atomic E-state index is 0.00196. The summed E-state index contributed by atoms with van der Waals surface area (Å²) in [7, 11) is 0. The van der Waals surface area contributed by atoms with Crippen molar-refractivity contribution >= 4 is 27.5 Å². The molecule has 0 spiro atoms. The quantitative estimate of drug-likeness (QED) is 0.592. The monoisotopic (exact) mass is 419 g/mol. The van der Waals surface area contributed by atoms with Gasteiger partial charge in [0.15, 0.2) is 0 Å². The number of aromatic nitrogens is 2. The summed E-state index contributed by atoms with van der Waals surface area (Å²) in [6.45, 7) is 2.06. The van der Waals surface area contributed by atoms with Crippen LogP contribution < -0.4 is 5.56 Å². The van der Waals surface area contributed by atoms with Crippen LogP contribution >= 0.6 is 11.3 Å². The van der Waals surface area contributed by atoms with E-state index < -0.39 is 0 Å². The molecule has 1 aromatic carbocycles. The number of carbonyl (C=O) groups excluding carboxylic acids is 1. The van der Waals surface area contributed by atoms with Crippen molar-refractivity contribution in [3.8, 4) is 11.1 Å². The molecule has 0 N–H and O–H groups in total. The number of nitrogens with zero attached hydrogens (tertiary/aromatic N) is 3. The molecule has 2 aromatic heterocycles. The van der Waals surface area contributed by atoms with E-state index in [1.165, 1.54) is 28.7 Å². The van der Waals surface area contributed by atoms with Gasteiger partial charge < -0.3 is 4.90 Å². The molecule has 1 amide bonds. The van der Waals surface area contributed by atoms with Gasteiger partial charge in [-0.05, 0) is 51.0 Å². The van der Waals surface area contributed by atoms with E-state index in [4.69, 9.17) is 0 Å². The molecule has 5 rings (SSSR count). The van der Waals surface area contributed by atoms with Crippen molar-refractivity contribution in [1.82, 2.24) is 14.5 Å². The largest absolute Gasteiger partial charge is 0.312 e. The molecule has 0 radical (unpaired) electrons. The topological polar surface area (TPSA) is 55.2 Å². The Kier molecular flexibility index (Phi) is 5.03. The summed E-state index contributed by atoms with van der Waals surface area (Å²) < 4.78 is 1.49. The van der Waals surface area contributed by atoms with Crippen LogP contribution in [0.3, 0.4) is 0 Å².